The summed E-state index contributed by atoms with van der Waals surface area (Å²) in [5, 5.41) is 3.17. The summed E-state index contributed by atoms with van der Waals surface area (Å²) in [5.74, 6) is -0.122. The molecule has 1 amide bonds. The third kappa shape index (κ3) is 6.09. The quantitative estimate of drug-likeness (QED) is 0.866. The Morgan fingerprint density at radius 1 is 1.29 bits per heavy atom. The minimum absolute atomic E-state index is 0. The van der Waals surface area contributed by atoms with E-state index in [9.17, 15) is 18.0 Å². The van der Waals surface area contributed by atoms with Crippen molar-refractivity contribution >= 4 is 18.3 Å². The Hall–Kier alpha value is -1.67. The number of nitrogens with zero attached hydrogens (tertiary/aromatic N) is 1. The lowest BCUT2D eigenvalue weighted by molar-refractivity contribution is -0.153. The van der Waals surface area contributed by atoms with E-state index < -0.39 is 12.8 Å². The van der Waals surface area contributed by atoms with Crippen molar-refractivity contribution in [3.63, 3.8) is 0 Å². The Kier molecular flexibility index (Phi) is 7.62. The molecule has 0 bridgehead atoms. The number of ether oxygens (including phenoxy) is 2. The molecule has 2 rings (SSSR count). The number of hydrogen-bond donors (Lipinski definition) is 1. The minimum Gasteiger partial charge on any atom is -0.480 e. The van der Waals surface area contributed by atoms with Gasteiger partial charge in [-0.1, -0.05) is 12.1 Å². The van der Waals surface area contributed by atoms with Gasteiger partial charge >= 0.3 is 6.18 Å². The first-order valence-corrected chi connectivity index (χ1v) is 7.28. The molecular weight excluding hydrogens is 349 g/mol. The van der Waals surface area contributed by atoms with E-state index in [1.165, 1.54) is 12.1 Å². The number of para-hydroxylation sites is 2. The predicted octanol–water partition coefficient (Wildman–Crippen LogP) is 2.25. The molecule has 0 unspecified atom stereocenters. The molecule has 24 heavy (non-hydrogen) atoms. The van der Waals surface area contributed by atoms with Gasteiger partial charge in [0.25, 0.3) is 5.91 Å². The highest BCUT2D eigenvalue weighted by molar-refractivity contribution is 5.85. The Bertz CT molecular complexity index is 543. The fraction of sp³-hybridized carbons (Fsp3) is 0.533. The Balaban J connectivity index is 0.00000288. The number of amides is 1. The summed E-state index contributed by atoms with van der Waals surface area (Å²) in [4.78, 5) is 13.9. The van der Waals surface area contributed by atoms with E-state index in [0.717, 1.165) is 0 Å². The first-order valence-electron chi connectivity index (χ1n) is 7.28. The average Bonchev–Trinajstić information content (AvgIpc) is 2.51. The van der Waals surface area contributed by atoms with Gasteiger partial charge in [0.2, 0.25) is 0 Å². The second-order valence-corrected chi connectivity index (χ2v) is 5.28. The predicted molar refractivity (Wildman–Crippen MR) is 84.8 cm³/mol. The number of rotatable bonds is 5. The number of halogens is 4. The van der Waals surface area contributed by atoms with Crippen molar-refractivity contribution in [2.45, 2.75) is 19.1 Å². The second kappa shape index (κ2) is 8.98. The van der Waals surface area contributed by atoms with Crippen LogP contribution in [0.25, 0.3) is 0 Å². The normalized spacial score (nSPS) is 17.8. The van der Waals surface area contributed by atoms with Crippen molar-refractivity contribution in [3.8, 4) is 11.5 Å². The topological polar surface area (TPSA) is 50.8 Å². The third-order valence-electron chi connectivity index (χ3n) is 3.41. The Labute approximate surface area is 144 Å². The van der Waals surface area contributed by atoms with Crippen LogP contribution in [0.15, 0.2) is 24.3 Å². The number of hydrogen-bond acceptors (Lipinski definition) is 4. The standard InChI is InChI=1S/C15H19F3N2O3.ClH/c1-11-8-19-6-7-20(11)14(21)9-22-12-4-2-3-5-13(12)23-10-15(16,17)18;/h2-5,11,19H,6-10H2,1H3;1H/t11-;/m1./s1. The Morgan fingerprint density at radius 2 is 1.92 bits per heavy atom. The van der Waals surface area contributed by atoms with E-state index in [4.69, 9.17) is 9.47 Å². The molecule has 1 atom stereocenters. The number of carbonyl (C=O) groups excluding carboxylic acids is 1. The van der Waals surface area contributed by atoms with Crippen molar-refractivity contribution in [3.05, 3.63) is 24.3 Å². The first kappa shape index (κ1) is 20.4. The van der Waals surface area contributed by atoms with Gasteiger partial charge < -0.3 is 19.7 Å². The van der Waals surface area contributed by atoms with Crippen molar-refractivity contribution < 1.29 is 27.4 Å². The van der Waals surface area contributed by atoms with Crippen LogP contribution in [-0.2, 0) is 4.79 Å². The molecule has 1 heterocycles. The van der Waals surface area contributed by atoms with Crippen LogP contribution in [0.5, 0.6) is 11.5 Å². The SMILES string of the molecule is C[C@@H]1CNCCN1C(=O)COc1ccccc1OCC(F)(F)F.Cl. The lowest BCUT2D eigenvalue weighted by Crippen LogP contribution is -2.53. The molecule has 9 heteroatoms. The van der Waals surface area contributed by atoms with Gasteiger partial charge in [0.15, 0.2) is 24.7 Å². The van der Waals surface area contributed by atoms with Gasteiger partial charge in [-0.05, 0) is 19.1 Å². The number of benzene rings is 1. The first-order chi connectivity index (χ1) is 10.9. The molecule has 1 aromatic rings. The summed E-state index contributed by atoms with van der Waals surface area (Å²) >= 11 is 0. The number of alkyl halides is 3. The van der Waals surface area contributed by atoms with Gasteiger partial charge in [0.05, 0.1) is 0 Å². The molecule has 1 aliphatic heterocycles. The van der Waals surface area contributed by atoms with Gasteiger partial charge in [-0.3, -0.25) is 4.79 Å². The summed E-state index contributed by atoms with van der Waals surface area (Å²) < 4.78 is 46.8. The van der Waals surface area contributed by atoms with E-state index in [-0.39, 0.29) is 42.5 Å². The zero-order chi connectivity index (χ0) is 16.9. The maximum Gasteiger partial charge on any atom is 0.422 e. The number of nitrogens with one attached hydrogen (secondary N) is 1. The highest BCUT2D eigenvalue weighted by Gasteiger charge is 2.29. The number of piperazine rings is 1. The smallest absolute Gasteiger partial charge is 0.422 e. The zero-order valence-corrected chi connectivity index (χ0v) is 14.0. The van der Waals surface area contributed by atoms with Crippen molar-refractivity contribution in [2.75, 3.05) is 32.8 Å². The lowest BCUT2D eigenvalue weighted by Gasteiger charge is -2.33. The average molecular weight is 369 g/mol. The lowest BCUT2D eigenvalue weighted by atomic mass is 10.2. The largest absolute Gasteiger partial charge is 0.480 e. The molecule has 0 aliphatic carbocycles. The van der Waals surface area contributed by atoms with Crippen LogP contribution in [0.2, 0.25) is 0 Å². The third-order valence-corrected chi connectivity index (χ3v) is 3.41. The summed E-state index contributed by atoms with van der Waals surface area (Å²) in [6.45, 7) is 2.27. The molecule has 1 aromatic carbocycles. The fourth-order valence-corrected chi connectivity index (χ4v) is 2.28. The molecule has 0 saturated carbocycles. The highest BCUT2D eigenvalue weighted by atomic mass is 35.5. The van der Waals surface area contributed by atoms with Crippen LogP contribution in [0, 0.1) is 0 Å². The van der Waals surface area contributed by atoms with E-state index in [2.05, 4.69) is 5.32 Å². The highest BCUT2D eigenvalue weighted by Crippen LogP contribution is 2.28. The molecule has 5 nitrogen and oxygen atoms in total. The number of carbonyl (C=O) groups is 1. The molecule has 1 aliphatic rings. The van der Waals surface area contributed by atoms with Crippen LogP contribution in [-0.4, -0.2) is 55.9 Å². The van der Waals surface area contributed by atoms with Crippen molar-refractivity contribution in [1.82, 2.24) is 10.2 Å². The van der Waals surface area contributed by atoms with E-state index >= 15 is 0 Å². The van der Waals surface area contributed by atoms with Crippen molar-refractivity contribution in [2.24, 2.45) is 0 Å². The molecule has 0 aromatic heterocycles. The molecular formula is C15H20ClF3N2O3. The maximum atomic E-state index is 12.2. The second-order valence-electron chi connectivity index (χ2n) is 5.28. The van der Waals surface area contributed by atoms with E-state index in [0.29, 0.717) is 19.6 Å². The fourth-order valence-electron chi connectivity index (χ4n) is 2.28. The van der Waals surface area contributed by atoms with Crippen LogP contribution in [0.1, 0.15) is 6.92 Å². The monoisotopic (exact) mass is 368 g/mol. The van der Waals surface area contributed by atoms with Gasteiger partial charge in [-0.2, -0.15) is 13.2 Å². The minimum atomic E-state index is -4.43. The summed E-state index contributed by atoms with van der Waals surface area (Å²) in [6.07, 6.45) is -4.43. The zero-order valence-electron chi connectivity index (χ0n) is 13.1. The maximum absolute atomic E-state index is 12.2. The molecule has 136 valence electrons. The summed E-state index contributed by atoms with van der Waals surface area (Å²) in [5.41, 5.74) is 0. The molecule has 0 spiro atoms. The van der Waals surface area contributed by atoms with Crippen LogP contribution in [0.4, 0.5) is 13.2 Å². The van der Waals surface area contributed by atoms with Gasteiger partial charge in [0, 0.05) is 25.7 Å². The van der Waals surface area contributed by atoms with Gasteiger partial charge in [-0.25, -0.2) is 0 Å². The summed E-state index contributed by atoms with van der Waals surface area (Å²) in [7, 11) is 0. The molecule has 1 N–H and O–H groups in total. The van der Waals surface area contributed by atoms with E-state index in [1.54, 1.807) is 17.0 Å². The molecule has 0 radical (unpaired) electrons. The van der Waals surface area contributed by atoms with Gasteiger partial charge in [-0.15, -0.1) is 12.4 Å². The van der Waals surface area contributed by atoms with Crippen LogP contribution in [0.3, 0.4) is 0 Å². The molecule has 1 saturated heterocycles. The van der Waals surface area contributed by atoms with Gasteiger partial charge in [0.1, 0.15) is 0 Å². The molecule has 1 fully saturated rings. The van der Waals surface area contributed by atoms with Crippen LogP contribution < -0.4 is 14.8 Å². The Morgan fingerprint density at radius 3 is 2.50 bits per heavy atom. The summed E-state index contributed by atoms with van der Waals surface area (Å²) in [6, 6.07) is 6.04. The van der Waals surface area contributed by atoms with Crippen LogP contribution >= 0.6 is 12.4 Å². The van der Waals surface area contributed by atoms with Crippen molar-refractivity contribution in [1.29, 1.82) is 0 Å². The van der Waals surface area contributed by atoms with E-state index in [1.807, 2.05) is 6.92 Å².